The van der Waals surface area contributed by atoms with Gasteiger partial charge in [-0.1, -0.05) is 60.7 Å². The van der Waals surface area contributed by atoms with Crippen LogP contribution in [0.5, 0.6) is 5.75 Å². The number of hydrogen-bond acceptors (Lipinski definition) is 5. The Morgan fingerprint density at radius 2 is 1.59 bits per heavy atom. The number of rotatable bonds is 10. The highest BCUT2D eigenvalue weighted by molar-refractivity contribution is 5.87. The number of benzene rings is 2. The standard InChI is InChI=1S/C28H33N3O3/c1-33-26-21-29-14-13-25(26)22-34-20-8-15-30-16-18-31(19-17-30)28(32)27(23-9-4-2-5-10-23)24-11-6-3-7-12-24/h2-7,9-14,21,27H,8,15-20,22H2,1H3. The topological polar surface area (TPSA) is 54.9 Å². The normalized spacial score (nSPS) is 14.4. The minimum absolute atomic E-state index is 0.187. The van der Waals surface area contributed by atoms with Crippen molar-refractivity contribution in [2.45, 2.75) is 18.9 Å². The van der Waals surface area contributed by atoms with Gasteiger partial charge in [-0.05, 0) is 23.6 Å². The molecule has 2 aromatic carbocycles. The van der Waals surface area contributed by atoms with Gasteiger partial charge in [0.15, 0.2) is 0 Å². The van der Waals surface area contributed by atoms with E-state index in [4.69, 9.17) is 9.47 Å². The quantitative estimate of drug-likeness (QED) is 0.430. The number of methoxy groups -OCH3 is 1. The Labute approximate surface area is 202 Å². The Morgan fingerprint density at radius 3 is 2.21 bits per heavy atom. The zero-order valence-corrected chi connectivity index (χ0v) is 19.8. The summed E-state index contributed by atoms with van der Waals surface area (Å²) < 4.78 is 11.2. The number of carbonyl (C=O) groups excluding carboxylic acids is 1. The molecule has 1 aliphatic heterocycles. The van der Waals surface area contributed by atoms with Gasteiger partial charge in [0.05, 0.1) is 25.8 Å². The van der Waals surface area contributed by atoms with Crippen LogP contribution in [0.1, 0.15) is 29.0 Å². The Morgan fingerprint density at radius 1 is 0.941 bits per heavy atom. The van der Waals surface area contributed by atoms with Crippen molar-refractivity contribution >= 4 is 5.91 Å². The molecule has 0 bridgehead atoms. The molecule has 6 heteroatoms. The second kappa shape index (κ2) is 12.3. The van der Waals surface area contributed by atoms with Gasteiger partial charge in [-0.2, -0.15) is 0 Å². The van der Waals surface area contributed by atoms with Crippen LogP contribution in [0.25, 0.3) is 0 Å². The van der Waals surface area contributed by atoms with Crippen LogP contribution in [-0.4, -0.2) is 67.1 Å². The maximum absolute atomic E-state index is 13.6. The molecule has 1 fully saturated rings. The van der Waals surface area contributed by atoms with Gasteiger partial charge in [0.25, 0.3) is 0 Å². The molecule has 4 rings (SSSR count). The number of ether oxygens (including phenoxy) is 2. The van der Waals surface area contributed by atoms with Crippen molar-refractivity contribution in [1.29, 1.82) is 0 Å². The van der Waals surface area contributed by atoms with Crippen molar-refractivity contribution in [3.8, 4) is 5.75 Å². The third kappa shape index (κ3) is 6.22. The number of carbonyl (C=O) groups is 1. The van der Waals surface area contributed by atoms with E-state index in [1.165, 1.54) is 0 Å². The highest BCUT2D eigenvalue weighted by Crippen LogP contribution is 2.27. The summed E-state index contributed by atoms with van der Waals surface area (Å²) in [5.74, 6) is 0.687. The van der Waals surface area contributed by atoms with E-state index in [1.54, 1.807) is 19.5 Å². The molecule has 0 atom stereocenters. The second-order valence-corrected chi connectivity index (χ2v) is 8.51. The van der Waals surface area contributed by atoms with E-state index in [0.717, 1.165) is 61.6 Å². The lowest BCUT2D eigenvalue weighted by molar-refractivity contribution is -0.133. The first kappa shape index (κ1) is 23.9. The van der Waals surface area contributed by atoms with E-state index in [2.05, 4.69) is 9.88 Å². The van der Waals surface area contributed by atoms with Crippen molar-refractivity contribution in [3.05, 3.63) is 95.8 Å². The molecule has 178 valence electrons. The molecule has 34 heavy (non-hydrogen) atoms. The van der Waals surface area contributed by atoms with Crippen LogP contribution < -0.4 is 4.74 Å². The molecule has 1 aliphatic rings. The van der Waals surface area contributed by atoms with Gasteiger partial charge in [0.1, 0.15) is 5.75 Å². The molecule has 0 aliphatic carbocycles. The van der Waals surface area contributed by atoms with Crippen molar-refractivity contribution in [3.63, 3.8) is 0 Å². The van der Waals surface area contributed by atoms with Gasteiger partial charge >= 0.3 is 0 Å². The highest BCUT2D eigenvalue weighted by atomic mass is 16.5. The predicted molar refractivity (Wildman–Crippen MR) is 133 cm³/mol. The molecule has 3 aromatic rings. The highest BCUT2D eigenvalue weighted by Gasteiger charge is 2.29. The molecule has 0 radical (unpaired) electrons. The Kier molecular flexibility index (Phi) is 8.65. The smallest absolute Gasteiger partial charge is 0.234 e. The lowest BCUT2D eigenvalue weighted by atomic mass is 9.90. The summed E-state index contributed by atoms with van der Waals surface area (Å²) >= 11 is 0. The van der Waals surface area contributed by atoms with Crippen LogP contribution in [0.15, 0.2) is 79.1 Å². The summed E-state index contributed by atoms with van der Waals surface area (Å²) in [4.78, 5) is 22.1. The SMILES string of the molecule is COc1cnccc1COCCCN1CCN(C(=O)C(c2ccccc2)c2ccccc2)CC1. The van der Waals surface area contributed by atoms with Crippen LogP contribution in [-0.2, 0) is 16.1 Å². The largest absolute Gasteiger partial charge is 0.495 e. The maximum Gasteiger partial charge on any atom is 0.234 e. The van der Waals surface area contributed by atoms with Crippen LogP contribution in [0.2, 0.25) is 0 Å². The number of nitrogens with zero attached hydrogens (tertiary/aromatic N) is 3. The summed E-state index contributed by atoms with van der Waals surface area (Å²) in [7, 11) is 1.65. The van der Waals surface area contributed by atoms with Crippen molar-refractivity contribution in [2.24, 2.45) is 0 Å². The van der Waals surface area contributed by atoms with Gasteiger partial charge < -0.3 is 14.4 Å². The molecule has 0 spiro atoms. The molecule has 6 nitrogen and oxygen atoms in total. The van der Waals surface area contributed by atoms with E-state index in [-0.39, 0.29) is 11.8 Å². The molecule has 2 heterocycles. The third-order valence-corrected chi connectivity index (χ3v) is 6.31. The molecule has 0 unspecified atom stereocenters. The molecule has 1 amide bonds. The van der Waals surface area contributed by atoms with E-state index < -0.39 is 0 Å². The average molecular weight is 460 g/mol. The molecule has 0 saturated carbocycles. The second-order valence-electron chi connectivity index (χ2n) is 8.51. The van der Waals surface area contributed by atoms with E-state index >= 15 is 0 Å². The van der Waals surface area contributed by atoms with Crippen LogP contribution in [0.4, 0.5) is 0 Å². The number of piperazine rings is 1. The summed E-state index contributed by atoms with van der Waals surface area (Å²) in [6.07, 6.45) is 4.42. The molecular formula is C28H33N3O3. The molecular weight excluding hydrogens is 426 g/mol. The zero-order valence-electron chi connectivity index (χ0n) is 19.8. The van der Waals surface area contributed by atoms with Gasteiger partial charge in [-0.15, -0.1) is 0 Å². The summed E-state index contributed by atoms with van der Waals surface area (Å²) in [6, 6.07) is 22.1. The first-order chi connectivity index (χ1) is 16.8. The monoisotopic (exact) mass is 459 g/mol. The number of amides is 1. The molecule has 0 N–H and O–H groups in total. The van der Waals surface area contributed by atoms with E-state index in [1.807, 2.05) is 71.6 Å². The lowest BCUT2D eigenvalue weighted by Crippen LogP contribution is -2.50. The van der Waals surface area contributed by atoms with Gasteiger partial charge in [-0.3, -0.25) is 14.7 Å². The van der Waals surface area contributed by atoms with Crippen LogP contribution in [0.3, 0.4) is 0 Å². The fourth-order valence-electron chi connectivity index (χ4n) is 4.43. The number of aromatic nitrogens is 1. The average Bonchev–Trinajstić information content (AvgIpc) is 2.90. The first-order valence-corrected chi connectivity index (χ1v) is 11.9. The summed E-state index contributed by atoms with van der Waals surface area (Å²) in [5.41, 5.74) is 3.10. The van der Waals surface area contributed by atoms with Gasteiger partial charge in [0, 0.05) is 51.1 Å². The van der Waals surface area contributed by atoms with Crippen molar-refractivity contribution < 1.29 is 14.3 Å². The van der Waals surface area contributed by atoms with Gasteiger partial charge in [0.2, 0.25) is 5.91 Å². The predicted octanol–water partition coefficient (Wildman–Crippen LogP) is 3.97. The molecule has 1 saturated heterocycles. The number of pyridine rings is 1. The van der Waals surface area contributed by atoms with Crippen molar-refractivity contribution in [2.75, 3.05) is 46.4 Å². The van der Waals surface area contributed by atoms with Crippen molar-refractivity contribution in [1.82, 2.24) is 14.8 Å². The first-order valence-electron chi connectivity index (χ1n) is 11.9. The van der Waals surface area contributed by atoms with Crippen LogP contribution in [0, 0.1) is 0 Å². The Balaban J connectivity index is 1.24. The lowest BCUT2D eigenvalue weighted by Gasteiger charge is -2.36. The zero-order chi connectivity index (χ0) is 23.6. The van der Waals surface area contributed by atoms with E-state index in [0.29, 0.717) is 13.2 Å². The van der Waals surface area contributed by atoms with E-state index in [9.17, 15) is 4.79 Å². The minimum Gasteiger partial charge on any atom is -0.495 e. The minimum atomic E-state index is -0.257. The summed E-state index contributed by atoms with van der Waals surface area (Å²) in [5, 5.41) is 0. The summed E-state index contributed by atoms with van der Waals surface area (Å²) in [6.45, 7) is 5.47. The maximum atomic E-state index is 13.6. The Bertz CT molecular complexity index is 982. The molecule has 1 aromatic heterocycles. The van der Waals surface area contributed by atoms with Gasteiger partial charge in [-0.25, -0.2) is 0 Å². The fraction of sp³-hybridized carbons (Fsp3) is 0.357. The number of hydrogen-bond donors (Lipinski definition) is 0. The Hall–Kier alpha value is -3.22. The fourth-order valence-corrected chi connectivity index (χ4v) is 4.43. The third-order valence-electron chi connectivity index (χ3n) is 6.31. The van der Waals surface area contributed by atoms with Crippen LogP contribution >= 0.6 is 0 Å².